The van der Waals surface area contributed by atoms with Crippen LogP contribution in [0.15, 0.2) is 64.4 Å². The molecule has 20 heavy (non-hydrogen) atoms. The van der Waals surface area contributed by atoms with E-state index in [0.29, 0.717) is 0 Å². The molecule has 3 heteroatoms. The molecule has 0 spiro atoms. The van der Waals surface area contributed by atoms with Gasteiger partial charge in [-0.15, -0.1) is 0 Å². The Balaban J connectivity index is 1.89. The Kier molecular flexibility index (Phi) is 4.19. The topological polar surface area (TPSA) is 12.0 Å². The molecule has 102 valence electrons. The van der Waals surface area contributed by atoms with Crippen molar-refractivity contribution in [2.45, 2.75) is 16.2 Å². The predicted molar refractivity (Wildman–Crippen MR) is 82.4 cm³/mol. The van der Waals surface area contributed by atoms with E-state index in [4.69, 9.17) is 0 Å². The van der Waals surface area contributed by atoms with Crippen LogP contribution in [0.25, 0.3) is 5.57 Å². The highest BCUT2D eigenvalue weighted by molar-refractivity contribution is 7.99. The Morgan fingerprint density at radius 1 is 1.00 bits per heavy atom. The quantitative estimate of drug-likeness (QED) is 0.899. The summed E-state index contributed by atoms with van der Waals surface area (Å²) < 4.78 is 13.0. The molecule has 1 N–H and O–H groups in total. The maximum atomic E-state index is 13.0. The lowest BCUT2D eigenvalue weighted by molar-refractivity contribution is 0.626. The molecule has 0 fully saturated rings. The first-order chi connectivity index (χ1) is 9.83. The molecule has 1 heterocycles. The van der Waals surface area contributed by atoms with Gasteiger partial charge in [-0.1, -0.05) is 36.0 Å². The van der Waals surface area contributed by atoms with Crippen molar-refractivity contribution in [1.82, 2.24) is 5.32 Å². The Hall–Kier alpha value is -1.58. The van der Waals surface area contributed by atoms with Gasteiger partial charge in [-0.3, -0.25) is 0 Å². The minimum Gasteiger partial charge on any atom is -0.313 e. The number of hydrogen-bond acceptors (Lipinski definition) is 2. The minimum absolute atomic E-state index is 0.191. The molecule has 1 aliphatic rings. The van der Waals surface area contributed by atoms with Crippen molar-refractivity contribution in [3.63, 3.8) is 0 Å². The molecule has 0 unspecified atom stereocenters. The van der Waals surface area contributed by atoms with Gasteiger partial charge < -0.3 is 5.32 Å². The van der Waals surface area contributed by atoms with E-state index in [1.807, 2.05) is 12.1 Å². The van der Waals surface area contributed by atoms with Gasteiger partial charge in [0.25, 0.3) is 0 Å². The lowest BCUT2D eigenvalue weighted by Crippen LogP contribution is -2.20. The SMILES string of the molecule is Fc1ccc(Sc2ccccc2C2=CCNCC2)cc1. The maximum absolute atomic E-state index is 13.0. The van der Waals surface area contributed by atoms with Crippen molar-refractivity contribution in [1.29, 1.82) is 0 Å². The van der Waals surface area contributed by atoms with E-state index < -0.39 is 0 Å². The largest absolute Gasteiger partial charge is 0.313 e. The van der Waals surface area contributed by atoms with Crippen molar-refractivity contribution >= 4 is 17.3 Å². The van der Waals surface area contributed by atoms with Gasteiger partial charge in [0.15, 0.2) is 0 Å². The van der Waals surface area contributed by atoms with Gasteiger partial charge in [-0.05, 0) is 54.4 Å². The number of rotatable bonds is 3. The van der Waals surface area contributed by atoms with E-state index in [2.05, 4.69) is 35.7 Å². The molecule has 2 aromatic rings. The molecule has 0 aliphatic carbocycles. The number of nitrogens with one attached hydrogen (secondary N) is 1. The van der Waals surface area contributed by atoms with E-state index in [0.717, 1.165) is 24.4 Å². The lowest BCUT2D eigenvalue weighted by Gasteiger charge is -2.17. The average molecular weight is 285 g/mol. The van der Waals surface area contributed by atoms with Crippen LogP contribution in [0.4, 0.5) is 4.39 Å². The molecular weight excluding hydrogens is 269 g/mol. The molecule has 3 rings (SSSR count). The van der Waals surface area contributed by atoms with Crippen molar-refractivity contribution in [3.05, 3.63) is 66.0 Å². The predicted octanol–water partition coefficient (Wildman–Crippen LogP) is 4.35. The molecule has 2 aromatic carbocycles. The molecular formula is C17H16FNS. The van der Waals surface area contributed by atoms with Crippen LogP contribution in [0.2, 0.25) is 0 Å². The fraction of sp³-hybridized carbons (Fsp3) is 0.176. The Morgan fingerprint density at radius 3 is 2.55 bits per heavy atom. The van der Waals surface area contributed by atoms with Crippen molar-refractivity contribution < 1.29 is 4.39 Å². The summed E-state index contributed by atoms with van der Waals surface area (Å²) in [5.74, 6) is -0.191. The monoisotopic (exact) mass is 285 g/mol. The van der Waals surface area contributed by atoms with E-state index >= 15 is 0 Å². The van der Waals surface area contributed by atoms with Gasteiger partial charge in [0.05, 0.1) is 0 Å². The number of hydrogen-bond donors (Lipinski definition) is 1. The van der Waals surface area contributed by atoms with Crippen LogP contribution in [0.3, 0.4) is 0 Å². The summed E-state index contributed by atoms with van der Waals surface area (Å²) >= 11 is 1.69. The van der Waals surface area contributed by atoms with E-state index in [1.54, 1.807) is 11.8 Å². The van der Waals surface area contributed by atoms with Crippen molar-refractivity contribution in [3.8, 4) is 0 Å². The fourth-order valence-electron chi connectivity index (χ4n) is 2.32. The Bertz CT molecular complexity index is 619. The van der Waals surface area contributed by atoms with Gasteiger partial charge in [0.2, 0.25) is 0 Å². The van der Waals surface area contributed by atoms with Gasteiger partial charge in [-0.25, -0.2) is 4.39 Å². The normalized spacial score (nSPS) is 14.9. The third-order valence-electron chi connectivity index (χ3n) is 3.34. The second-order valence-corrected chi connectivity index (χ2v) is 5.85. The summed E-state index contributed by atoms with van der Waals surface area (Å²) in [6.45, 7) is 1.96. The molecule has 1 nitrogen and oxygen atoms in total. The minimum atomic E-state index is -0.191. The van der Waals surface area contributed by atoms with Crippen LogP contribution >= 0.6 is 11.8 Å². The van der Waals surface area contributed by atoms with Crippen LogP contribution in [0.5, 0.6) is 0 Å². The number of halogens is 1. The van der Waals surface area contributed by atoms with Crippen LogP contribution in [-0.2, 0) is 0 Å². The first kappa shape index (κ1) is 13.4. The van der Waals surface area contributed by atoms with Crippen LogP contribution in [-0.4, -0.2) is 13.1 Å². The standard InChI is InChI=1S/C17H16FNS/c18-14-5-7-15(8-6-14)20-17-4-2-1-3-16(17)13-9-11-19-12-10-13/h1-9,19H,10-12H2. The van der Waals surface area contributed by atoms with Crippen LogP contribution in [0, 0.1) is 5.82 Å². The molecule has 1 aliphatic heterocycles. The Labute approximate surface area is 122 Å². The van der Waals surface area contributed by atoms with E-state index in [1.165, 1.54) is 28.2 Å². The van der Waals surface area contributed by atoms with Gasteiger partial charge in [0.1, 0.15) is 5.82 Å². The summed E-state index contributed by atoms with van der Waals surface area (Å²) in [4.78, 5) is 2.29. The van der Waals surface area contributed by atoms with Gasteiger partial charge in [0, 0.05) is 16.3 Å². The molecule has 0 aromatic heterocycles. The second-order valence-electron chi connectivity index (χ2n) is 4.74. The number of benzene rings is 2. The highest BCUT2D eigenvalue weighted by Crippen LogP contribution is 2.35. The first-order valence-electron chi connectivity index (χ1n) is 6.75. The third kappa shape index (κ3) is 3.11. The first-order valence-corrected chi connectivity index (χ1v) is 7.57. The average Bonchev–Trinajstić information content (AvgIpc) is 2.51. The van der Waals surface area contributed by atoms with E-state index in [9.17, 15) is 4.39 Å². The molecule has 0 amide bonds. The molecule has 0 atom stereocenters. The summed E-state index contributed by atoms with van der Waals surface area (Å²) in [6, 6.07) is 15.1. The van der Waals surface area contributed by atoms with E-state index in [-0.39, 0.29) is 5.82 Å². The highest BCUT2D eigenvalue weighted by atomic mass is 32.2. The fourth-order valence-corrected chi connectivity index (χ4v) is 3.30. The van der Waals surface area contributed by atoms with Gasteiger partial charge >= 0.3 is 0 Å². The van der Waals surface area contributed by atoms with Gasteiger partial charge in [-0.2, -0.15) is 0 Å². The molecule has 0 saturated carbocycles. The lowest BCUT2D eigenvalue weighted by atomic mass is 10.0. The van der Waals surface area contributed by atoms with Crippen LogP contribution < -0.4 is 5.32 Å². The Morgan fingerprint density at radius 2 is 1.80 bits per heavy atom. The molecule has 0 saturated heterocycles. The van der Waals surface area contributed by atoms with Crippen molar-refractivity contribution in [2.75, 3.05) is 13.1 Å². The summed E-state index contributed by atoms with van der Waals surface area (Å²) in [6.07, 6.45) is 3.31. The molecule has 0 radical (unpaired) electrons. The summed E-state index contributed by atoms with van der Waals surface area (Å²) in [5, 5.41) is 3.34. The highest BCUT2D eigenvalue weighted by Gasteiger charge is 2.10. The second kappa shape index (κ2) is 6.25. The zero-order valence-corrected chi connectivity index (χ0v) is 11.9. The third-order valence-corrected chi connectivity index (χ3v) is 4.42. The van der Waals surface area contributed by atoms with Crippen molar-refractivity contribution in [2.24, 2.45) is 0 Å². The maximum Gasteiger partial charge on any atom is 0.123 e. The zero-order chi connectivity index (χ0) is 13.8. The molecule has 0 bridgehead atoms. The smallest absolute Gasteiger partial charge is 0.123 e. The van der Waals surface area contributed by atoms with Crippen LogP contribution in [0.1, 0.15) is 12.0 Å². The zero-order valence-electron chi connectivity index (χ0n) is 11.1. The summed E-state index contributed by atoms with van der Waals surface area (Å²) in [7, 11) is 0. The summed E-state index contributed by atoms with van der Waals surface area (Å²) in [5.41, 5.74) is 2.69.